The monoisotopic (exact) mass is 338 g/mol. The molecule has 1 N–H and O–H groups in total. The van der Waals surface area contributed by atoms with Crippen LogP contribution in [0.25, 0.3) is 0 Å². The Kier molecular flexibility index (Phi) is 7.55. The number of para-hydroxylation sites is 1. The molecule has 2 aromatic carbocycles. The van der Waals surface area contributed by atoms with Crippen molar-refractivity contribution in [3.05, 3.63) is 65.2 Å². The third kappa shape index (κ3) is 4.87. The molecule has 1 heteroatoms. The summed E-state index contributed by atoms with van der Waals surface area (Å²) in [4.78, 5) is 0. The second kappa shape index (κ2) is 9.65. The molecule has 0 bridgehead atoms. The molecule has 136 valence electrons. The van der Waals surface area contributed by atoms with E-state index in [9.17, 15) is 5.11 Å². The maximum absolute atomic E-state index is 10.4. The summed E-state index contributed by atoms with van der Waals surface area (Å²) in [5, 5.41) is 10.4. The van der Waals surface area contributed by atoms with Crippen LogP contribution in [0.3, 0.4) is 0 Å². The standard InChI is InChI=1S/C24H34O/c1-4-6-7-8-9-10-15-20-16-11-12-17-21(20)24(3,5-2)22-18-13-14-19-23(22)25/h11-14,16-19,25H,4-10,15H2,1-3H3. The molecule has 0 aliphatic carbocycles. The molecule has 25 heavy (non-hydrogen) atoms. The van der Waals surface area contributed by atoms with Crippen molar-refractivity contribution in [2.45, 2.75) is 77.6 Å². The first-order chi connectivity index (χ1) is 12.1. The zero-order chi connectivity index (χ0) is 18.1. The molecule has 1 nitrogen and oxygen atoms in total. The quantitative estimate of drug-likeness (QED) is 0.462. The van der Waals surface area contributed by atoms with Crippen LogP contribution in [0.1, 0.15) is 82.4 Å². The molecule has 0 aromatic heterocycles. The zero-order valence-corrected chi connectivity index (χ0v) is 16.2. The van der Waals surface area contributed by atoms with Crippen LogP contribution < -0.4 is 0 Å². The van der Waals surface area contributed by atoms with Crippen LogP contribution in [0.5, 0.6) is 5.75 Å². The van der Waals surface area contributed by atoms with Crippen LogP contribution in [0.2, 0.25) is 0 Å². The lowest BCUT2D eigenvalue weighted by Crippen LogP contribution is -2.24. The van der Waals surface area contributed by atoms with Gasteiger partial charge in [-0.3, -0.25) is 0 Å². The SMILES string of the molecule is CCCCCCCCc1ccccc1C(C)(CC)c1ccccc1O. The number of unbranched alkanes of at least 4 members (excludes halogenated alkanes) is 5. The Morgan fingerprint density at radius 1 is 0.760 bits per heavy atom. The van der Waals surface area contributed by atoms with Gasteiger partial charge in [0.05, 0.1) is 0 Å². The Morgan fingerprint density at radius 3 is 2.04 bits per heavy atom. The second-order valence-electron chi connectivity index (χ2n) is 7.38. The summed E-state index contributed by atoms with van der Waals surface area (Å²) in [5.41, 5.74) is 3.69. The van der Waals surface area contributed by atoms with Crippen LogP contribution in [-0.2, 0) is 11.8 Å². The molecule has 1 atom stereocenters. The van der Waals surface area contributed by atoms with Gasteiger partial charge < -0.3 is 5.11 Å². The summed E-state index contributed by atoms with van der Waals surface area (Å²) < 4.78 is 0. The van der Waals surface area contributed by atoms with Crippen LogP contribution in [0.4, 0.5) is 0 Å². The fourth-order valence-corrected chi connectivity index (χ4v) is 3.84. The van der Waals surface area contributed by atoms with E-state index in [4.69, 9.17) is 0 Å². The predicted octanol–water partition coefficient (Wildman–Crippen LogP) is 7.01. The van der Waals surface area contributed by atoms with Crippen LogP contribution in [0.15, 0.2) is 48.5 Å². The minimum Gasteiger partial charge on any atom is -0.508 e. The van der Waals surface area contributed by atoms with Crippen molar-refractivity contribution in [2.75, 3.05) is 0 Å². The normalized spacial score (nSPS) is 13.6. The van der Waals surface area contributed by atoms with E-state index in [2.05, 4.69) is 51.1 Å². The summed E-state index contributed by atoms with van der Waals surface area (Å²) in [5.74, 6) is 0.404. The number of aryl methyl sites for hydroxylation is 1. The highest BCUT2D eigenvalue weighted by Gasteiger charge is 2.31. The molecule has 0 spiro atoms. The average molecular weight is 339 g/mol. The highest BCUT2D eigenvalue weighted by atomic mass is 16.3. The van der Waals surface area contributed by atoms with Gasteiger partial charge in [-0.1, -0.05) is 95.3 Å². The van der Waals surface area contributed by atoms with E-state index in [1.807, 2.05) is 12.1 Å². The number of phenols is 1. The van der Waals surface area contributed by atoms with Crippen molar-refractivity contribution in [1.29, 1.82) is 0 Å². The van der Waals surface area contributed by atoms with Gasteiger partial charge in [0.25, 0.3) is 0 Å². The van der Waals surface area contributed by atoms with Gasteiger partial charge in [-0.15, -0.1) is 0 Å². The third-order valence-electron chi connectivity index (χ3n) is 5.62. The van der Waals surface area contributed by atoms with Crippen molar-refractivity contribution >= 4 is 0 Å². The van der Waals surface area contributed by atoms with E-state index in [0.717, 1.165) is 18.4 Å². The molecule has 1 unspecified atom stereocenters. The highest BCUT2D eigenvalue weighted by Crippen LogP contribution is 2.41. The zero-order valence-electron chi connectivity index (χ0n) is 16.2. The first kappa shape index (κ1) is 19.6. The number of hydrogen-bond donors (Lipinski definition) is 1. The van der Waals surface area contributed by atoms with Gasteiger partial charge in [0.1, 0.15) is 5.75 Å². The number of aromatic hydroxyl groups is 1. The lowest BCUT2D eigenvalue weighted by Gasteiger charge is -2.32. The molecule has 0 aliphatic heterocycles. The van der Waals surface area contributed by atoms with Gasteiger partial charge in [-0.2, -0.15) is 0 Å². The molecule has 0 aliphatic rings. The summed E-state index contributed by atoms with van der Waals surface area (Å²) in [6.07, 6.45) is 10.0. The van der Waals surface area contributed by atoms with Gasteiger partial charge in [-0.05, 0) is 36.5 Å². The Bertz CT molecular complexity index is 646. The Labute approximate surface area is 154 Å². The van der Waals surface area contributed by atoms with Gasteiger partial charge >= 0.3 is 0 Å². The molecule has 0 amide bonds. The molecule has 2 rings (SSSR count). The maximum atomic E-state index is 10.4. The lowest BCUT2D eigenvalue weighted by atomic mass is 9.71. The van der Waals surface area contributed by atoms with Crippen molar-refractivity contribution in [2.24, 2.45) is 0 Å². The van der Waals surface area contributed by atoms with Gasteiger partial charge in [0.2, 0.25) is 0 Å². The van der Waals surface area contributed by atoms with Crippen molar-refractivity contribution in [3.8, 4) is 5.75 Å². The molecule has 2 aromatic rings. The van der Waals surface area contributed by atoms with E-state index < -0.39 is 0 Å². The molecule has 0 heterocycles. The van der Waals surface area contributed by atoms with E-state index in [-0.39, 0.29) is 5.41 Å². The highest BCUT2D eigenvalue weighted by molar-refractivity contribution is 5.48. The van der Waals surface area contributed by atoms with Crippen molar-refractivity contribution < 1.29 is 5.11 Å². The second-order valence-corrected chi connectivity index (χ2v) is 7.38. The number of benzene rings is 2. The number of rotatable bonds is 10. The van der Waals surface area contributed by atoms with E-state index in [1.165, 1.54) is 49.7 Å². The molecule has 0 fully saturated rings. The first-order valence-electron chi connectivity index (χ1n) is 10.00. The van der Waals surface area contributed by atoms with Crippen LogP contribution in [-0.4, -0.2) is 5.11 Å². The van der Waals surface area contributed by atoms with Crippen molar-refractivity contribution in [3.63, 3.8) is 0 Å². The molecule has 0 saturated heterocycles. The largest absolute Gasteiger partial charge is 0.508 e. The fraction of sp³-hybridized carbons (Fsp3) is 0.500. The van der Waals surface area contributed by atoms with Crippen molar-refractivity contribution in [1.82, 2.24) is 0 Å². The fourth-order valence-electron chi connectivity index (χ4n) is 3.84. The summed E-state index contributed by atoms with van der Waals surface area (Å²) in [6, 6.07) is 16.6. The van der Waals surface area contributed by atoms with Crippen LogP contribution in [0, 0.1) is 0 Å². The molecular formula is C24H34O. The third-order valence-corrected chi connectivity index (χ3v) is 5.62. The van der Waals surface area contributed by atoms with E-state index in [0.29, 0.717) is 5.75 Å². The summed E-state index contributed by atoms with van der Waals surface area (Å²) in [7, 11) is 0. The number of phenolic OH excluding ortho intramolecular Hbond substituents is 1. The minimum absolute atomic E-state index is 0.149. The lowest BCUT2D eigenvalue weighted by molar-refractivity contribution is 0.440. The summed E-state index contributed by atoms with van der Waals surface area (Å²) in [6.45, 7) is 6.75. The van der Waals surface area contributed by atoms with Gasteiger partial charge in [-0.25, -0.2) is 0 Å². The maximum Gasteiger partial charge on any atom is 0.119 e. The predicted molar refractivity (Wildman–Crippen MR) is 108 cm³/mol. The summed E-state index contributed by atoms with van der Waals surface area (Å²) >= 11 is 0. The minimum atomic E-state index is -0.149. The average Bonchev–Trinajstić information content (AvgIpc) is 2.64. The Balaban J connectivity index is 2.19. The number of hydrogen-bond acceptors (Lipinski definition) is 1. The Hall–Kier alpha value is -1.76. The molecule has 0 radical (unpaired) electrons. The van der Waals surface area contributed by atoms with E-state index in [1.54, 1.807) is 6.07 Å². The van der Waals surface area contributed by atoms with Gasteiger partial charge in [0, 0.05) is 11.0 Å². The molecular weight excluding hydrogens is 304 g/mol. The molecule has 0 saturated carbocycles. The van der Waals surface area contributed by atoms with Crippen LogP contribution >= 0.6 is 0 Å². The Morgan fingerprint density at radius 2 is 1.36 bits per heavy atom. The smallest absolute Gasteiger partial charge is 0.119 e. The topological polar surface area (TPSA) is 20.2 Å². The van der Waals surface area contributed by atoms with Gasteiger partial charge in [0.15, 0.2) is 0 Å². The van der Waals surface area contributed by atoms with E-state index >= 15 is 0 Å². The first-order valence-corrected chi connectivity index (χ1v) is 10.00.